The van der Waals surface area contributed by atoms with Crippen molar-refractivity contribution in [1.82, 2.24) is 24.6 Å². The van der Waals surface area contributed by atoms with Gasteiger partial charge in [0.2, 0.25) is 5.95 Å². The Morgan fingerprint density at radius 2 is 2.00 bits per heavy atom. The second-order valence-corrected chi connectivity index (χ2v) is 8.94. The highest BCUT2D eigenvalue weighted by molar-refractivity contribution is 6.32. The van der Waals surface area contributed by atoms with Crippen molar-refractivity contribution in [2.24, 2.45) is 7.05 Å². The average molecular weight is 443 g/mol. The maximum atomic E-state index is 10.1. The number of piperidine rings is 1. The van der Waals surface area contributed by atoms with Gasteiger partial charge < -0.3 is 15.2 Å². The minimum Gasteiger partial charge on any atom is -0.389 e. The summed E-state index contributed by atoms with van der Waals surface area (Å²) in [6.07, 6.45) is 3.41. The monoisotopic (exact) mass is 442 g/mol. The molecule has 4 heterocycles. The van der Waals surface area contributed by atoms with E-state index in [1.165, 1.54) is 0 Å². The number of aryl methyl sites for hydroxylation is 2. The van der Waals surface area contributed by atoms with Gasteiger partial charge in [-0.05, 0) is 56.5 Å². The zero-order valence-corrected chi connectivity index (χ0v) is 18.5. The van der Waals surface area contributed by atoms with Gasteiger partial charge in [-0.1, -0.05) is 11.6 Å². The van der Waals surface area contributed by atoms with E-state index in [1.807, 2.05) is 26.1 Å². The van der Waals surface area contributed by atoms with Crippen molar-refractivity contribution in [3.63, 3.8) is 0 Å². The normalized spacial score (nSPS) is 23.0. The van der Waals surface area contributed by atoms with Gasteiger partial charge in [0.05, 0.1) is 36.6 Å². The largest absolute Gasteiger partial charge is 0.389 e. The van der Waals surface area contributed by atoms with Crippen molar-refractivity contribution < 1.29 is 9.84 Å². The van der Waals surface area contributed by atoms with Crippen LogP contribution < -0.4 is 5.32 Å². The van der Waals surface area contributed by atoms with Crippen molar-refractivity contribution in [2.45, 2.75) is 37.8 Å². The second kappa shape index (κ2) is 8.35. The van der Waals surface area contributed by atoms with E-state index in [0.29, 0.717) is 25.1 Å². The molecule has 0 bridgehead atoms. The maximum Gasteiger partial charge on any atom is 0.228 e. The van der Waals surface area contributed by atoms with Gasteiger partial charge >= 0.3 is 0 Å². The number of hydrogen-bond donors (Lipinski definition) is 2. The van der Waals surface area contributed by atoms with Crippen LogP contribution in [0.4, 0.5) is 11.8 Å². The van der Waals surface area contributed by atoms with Gasteiger partial charge in [-0.15, -0.1) is 0 Å². The van der Waals surface area contributed by atoms with Crippen LogP contribution >= 0.6 is 11.6 Å². The maximum absolute atomic E-state index is 10.1. The van der Waals surface area contributed by atoms with Gasteiger partial charge in [-0.3, -0.25) is 9.58 Å². The molecule has 2 atom stereocenters. The average Bonchev–Trinajstić information content (AvgIpc) is 3.32. The van der Waals surface area contributed by atoms with Crippen LogP contribution in [0.15, 0.2) is 24.4 Å². The quantitative estimate of drug-likeness (QED) is 0.642. The highest BCUT2D eigenvalue weighted by Crippen LogP contribution is 2.36. The number of nitrogens with zero attached hydrogens (tertiary/aromatic N) is 5. The lowest BCUT2D eigenvalue weighted by molar-refractivity contribution is 0.0663. The fourth-order valence-corrected chi connectivity index (χ4v) is 5.03. The van der Waals surface area contributed by atoms with Crippen molar-refractivity contribution >= 4 is 34.3 Å². The van der Waals surface area contributed by atoms with Crippen molar-refractivity contribution in [3.8, 4) is 0 Å². The molecule has 9 heteroatoms. The van der Waals surface area contributed by atoms with Gasteiger partial charge in [0.15, 0.2) is 0 Å². The summed E-state index contributed by atoms with van der Waals surface area (Å²) < 4.78 is 7.20. The predicted molar refractivity (Wildman–Crippen MR) is 120 cm³/mol. The SMILES string of the molecule is Cc1cc(Nc2ncc3cc(Cl)c(C4CCN(C5COC[C@H]5O)CC4)cc3n2)n(C)n1. The summed E-state index contributed by atoms with van der Waals surface area (Å²) >= 11 is 6.66. The van der Waals surface area contributed by atoms with Gasteiger partial charge in [-0.25, -0.2) is 9.97 Å². The molecule has 1 unspecified atom stereocenters. The first-order chi connectivity index (χ1) is 15.0. The highest BCUT2D eigenvalue weighted by atomic mass is 35.5. The number of fused-ring (bicyclic) bond motifs is 1. The molecule has 1 aromatic carbocycles. The van der Waals surface area contributed by atoms with Crippen molar-refractivity contribution in [3.05, 3.63) is 40.7 Å². The van der Waals surface area contributed by atoms with Crippen LogP contribution in [-0.4, -0.2) is 68.2 Å². The lowest BCUT2D eigenvalue weighted by Gasteiger charge is -2.36. The minimum atomic E-state index is -0.383. The summed E-state index contributed by atoms with van der Waals surface area (Å²) in [5.41, 5.74) is 2.94. The van der Waals surface area contributed by atoms with Crippen molar-refractivity contribution in [1.29, 1.82) is 0 Å². The molecule has 31 heavy (non-hydrogen) atoms. The Morgan fingerprint density at radius 3 is 2.68 bits per heavy atom. The Kier molecular flexibility index (Phi) is 5.56. The third-order valence-electron chi connectivity index (χ3n) is 6.40. The summed E-state index contributed by atoms with van der Waals surface area (Å²) in [5.74, 6) is 1.75. The number of aliphatic hydroxyl groups is 1. The lowest BCUT2D eigenvalue weighted by Crippen LogP contribution is -2.46. The molecular weight excluding hydrogens is 416 g/mol. The number of rotatable bonds is 4. The Balaban J connectivity index is 1.35. The molecule has 2 aliphatic heterocycles. The van der Waals surface area contributed by atoms with E-state index in [4.69, 9.17) is 21.3 Å². The molecule has 3 aromatic rings. The molecule has 2 fully saturated rings. The zero-order valence-electron chi connectivity index (χ0n) is 17.8. The van der Waals surface area contributed by atoms with Crippen LogP contribution in [0.5, 0.6) is 0 Å². The molecule has 2 aliphatic rings. The van der Waals surface area contributed by atoms with Gasteiger partial charge in [-0.2, -0.15) is 5.10 Å². The Bertz CT molecular complexity index is 1100. The molecule has 2 aromatic heterocycles. The molecule has 164 valence electrons. The number of halogens is 1. The first-order valence-electron chi connectivity index (χ1n) is 10.7. The molecule has 2 N–H and O–H groups in total. The molecular formula is C22H27ClN6O2. The van der Waals surface area contributed by atoms with Crippen molar-refractivity contribution in [2.75, 3.05) is 31.6 Å². The van der Waals surface area contributed by atoms with Gasteiger partial charge in [0.25, 0.3) is 0 Å². The third-order valence-corrected chi connectivity index (χ3v) is 6.73. The Hall–Kier alpha value is -2.26. The first-order valence-corrected chi connectivity index (χ1v) is 11.1. The van der Waals surface area contributed by atoms with Crippen LogP contribution in [0.25, 0.3) is 10.9 Å². The number of ether oxygens (including phenoxy) is 1. The van der Waals surface area contributed by atoms with E-state index in [9.17, 15) is 5.11 Å². The molecule has 0 saturated carbocycles. The minimum absolute atomic E-state index is 0.116. The van der Waals surface area contributed by atoms with E-state index in [0.717, 1.165) is 58.9 Å². The molecule has 5 rings (SSSR count). The predicted octanol–water partition coefficient (Wildman–Crippen LogP) is 3.01. The number of benzene rings is 1. The summed E-state index contributed by atoms with van der Waals surface area (Å²) in [5, 5.41) is 19.4. The van der Waals surface area contributed by atoms with E-state index < -0.39 is 0 Å². The third kappa shape index (κ3) is 4.13. The number of aromatic nitrogens is 4. The lowest BCUT2D eigenvalue weighted by atomic mass is 9.88. The standard InChI is InChI=1S/C22H27ClN6O2/c1-13-7-21(28(2)27-13)26-22-24-10-15-8-17(23)16(9-18(15)25-22)14-3-5-29(6-4-14)19-11-31-12-20(19)30/h7-10,14,19-20,30H,3-6,11-12H2,1-2H3,(H,24,25,26)/t19?,20-/m1/s1. The summed E-state index contributed by atoms with van der Waals surface area (Å²) in [6, 6.07) is 6.14. The summed E-state index contributed by atoms with van der Waals surface area (Å²) in [6.45, 7) is 4.87. The van der Waals surface area contributed by atoms with E-state index >= 15 is 0 Å². The molecule has 0 radical (unpaired) electrons. The number of anilines is 2. The number of likely N-dealkylation sites (tertiary alicyclic amines) is 1. The van der Waals surface area contributed by atoms with Crippen LogP contribution in [0.3, 0.4) is 0 Å². The molecule has 0 spiro atoms. The fourth-order valence-electron chi connectivity index (χ4n) is 4.71. The summed E-state index contributed by atoms with van der Waals surface area (Å²) in [7, 11) is 1.89. The van der Waals surface area contributed by atoms with Crippen LogP contribution in [0.2, 0.25) is 5.02 Å². The zero-order chi connectivity index (χ0) is 21.5. The van der Waals surface area contributed by atoms with E-state index in [2.05, 4.69) is 26.4 Å². The Labute approximate surface area is 186 Å². The topological polar surface area (TPSA) is 88.3 Å². The molecule has 0 amide bonds. The summed E-state index contributed by atoms with van der Waals surface area (Å²) in [4.78, 5) is 11.5. The van der Waals surface area contributed by atoms with E-state index in [-0.39, 0.29) is 12.1 Å². The van der Waals surface area contributed by atoms with Gasteiger partial charge in [0, 0.05) is 29.7 Å². The van der Waals surface area contributed by atoms with Crippen LogP contribution in [-0.2, 0) is 11.8 Å². The number of nitrogens with one attached hydrogen (secondary N) is 1. The number of hydrogen-bond acceptors (Lipinski definition) is 7. The fraction of sp³-hybridized carbons (Fsp3) is 0.500. The smallest absolute Gasteiger partial charge is 0.228 e. The van der Waals surface area contributed by atoms with Crippen LogP contribution in [0, 0.1) is 6.92 Å². The van der Waals surface area contributed by atoms with Crippen LogP contribution in [0.1, 0.15) is 30.0 Å². The molecule has 8 nitrogen and oxygen atoms in total. The molecule has 0 aliphatic carbocycles. The molecule has 2 saturated heterocycles. The Morgan fingerprint density at radius 1 is 1.19 bits per heavy atom. The number of aliphatic hydroxyl groups excluding tert-OH is 1. The second-order valence-electron chi connectivity index (χ2n) is 8.53. The highest BCUT2D eigenvalue weighted by Gasteiger charge is 2.34. The van der Waals surface area contributed by atoms with Gasteiger partial charge in [0.1, 0.15) is 5.82 Å². The first kappa shape index (κ1) is 20.6. The van der Waals surface area contributed by atoms with E-state index in [1.54, 1.807) is 10.9 Å².